The molecule has 122 valence electrons. The minimum atomic E-state index is -0.490. The zero-order valence-electron chi connectivity index (χ0n) is 12.2. The minimum Gasteiger partial charge on any atom is -0.394 e. The highest BCUT2D eigenvalue weighted by Gasteiger charge is 2.13. The van der Waals surface area contributed by atoms with E-state index in [1.807, 2.05) is 0 Å². The molecule has 1 heterocycles. The van der Waals surface area contributed by atoms with Gasteiger partial charge in [-0.1, -0.05) is 12.1 Å². The van der Waals surface area contributed by atoms with Gasteiger partial charge < -0.3 is 15.2 Å². The van der Waals surface area contributed by atoms with Crippen LogP contribution in [0.2, 0.25) is 0 Å². The quantitative estimate of drug-likeness (QED) is 0.373. The zero-order valence-corrected chi connectivity index (χ0v) is 12.2. The number of nitro benzene ring substituents is 1. The van der Waals surface area contributed by atoms with E-state index in [4.69, 9.17) is 9.84 Å². The molecule has 0 bridgehead atoms. The second kappa shape index (κ2) is 8.01. The van der Waals surface area contributed by atoms with Crippen LogP contribution in [0.25, 0.3) is 11.3 Å². The van der Waals surface area contributed by atoms with Crippen LogP contribution in [0.15, 0.2) is 30.3 Å². The summed E-state index contributed by atoms with van der Waals surface area (Å²) < 4.78 is 5.02. The number of aliphatic hydroxyl groups excluding tert-OH is 1. The van der Waals surface area contributed by atoms with E-state index >= 15 is 0 Å². The van der Waals surface area contributed by atoms with Crippen LogP contribution in [0.1, 0.15) is 10.5 Å². The van der Waals surface area contributed by atoms with Gasteiger partial charge in [0, 0.05) is 24.2 Å². The fraction of sp³-hybridized carbons (Fsp3) is 0.286. The van der Waals surface area contributed by atoms with E-state index in [-0.39, 0.29) is 37.1 Å². The molecule has 0 aliphatic carbocycles. The van der Waals surface area contributed by atoms with Crippen LogP contribution >= 0.6 is 0 Å². The third-order valence-electron chi connectivity index (χ3n) is 2.94. The number of aliphatic hydroxyl groups is 1. The van der Waals surface area contributed by atoms with Crippen molar-refractivity contribution >= 4 is 11.6 Å². The fourth-order valence-electron chi connectivity index (χ4n) is 1.86. The van der Waals surface area contributed by atoms with E-state index in [9.17, 15) is 14.9 Å². The van der Waals surface area contributed by atoms with E-state index in [2.05, 4.69) is 15.5 Å². The number of carbonyl (C=O) groups is 1. The average Bonchev–Trinajstić information content (AvgIpc) is 3.04. The number of rotatable bonds is 8. The summed E-state index contributed by atoms with van der Waals surface area (Å²) in [4.78, 5) is 22.2. The van der Waals surface area contributed by atoms with E-state index < -0.39 is 4.92 Å². The number of H-pyrrole nitrogens is 1. The lowest BCUT2D eigenvalue weighted by atomic mass is 10.1. The first-order valence-corrected chi connectivity index (χ1v) is 6.89. The van der Waals surface area contributed by atoms with Gasteiger partial charge in [0.05, 0.1) is 30.4 Å². The lowest BCUT2D eigenvalue weighted by molar-refractivity contribution is -0.384. The van der Waals surface area contributed by atoms with E-state index in [0.717, 1.165) is 0 Å². The number of aromatic nitrogens is 2. The zero-order chi connectivity index (χ0) is 16.7. The van der Waals surface area contributed by atoms with Crippen molar-refractivity contribution in [3.05, 3.63) is 46.1 Å². The Kier molecular flexibility index (Phi) is 5.78. The van der Waals surface area contributed by atoms with Crippen molar-refractivity contribution in [1.82, 2.24) is 15.5 Å². The molecule has 2 aromatic rings. The molecule has 9 heteroatoms. The van der Waals surface area contributed by atoms with Crippen LogP contribution < -0.4 is 5.32 Å². The monoisotopic (exact) mass is 320 g/mol. The summed E-state index contributed by atoms with van der Waals surface area (Å²) in [6.45, 7) is 0.736. The highest BCUT2D eigenvalue weighted by Crippen LogP contribution is 2.22. The molecule has 0 unspecified atom stereocenters. The number of amides is 1. The molecule has 0 aliphatic rings. The van der Waals surface area contributed by atoms with Gasteiger partial charge in [0.25, 0.3) is 11.6 Å². The molecule has 0 aliphatic heterocycles. The molecule has 1 aromatic heterocycles. The first-order valence-electron chi connectivity index (χ1n) is 6.89. The SMILES string of the molecule is O=C(NCCOCCO)c1cc(-c2cccc([N+](=O)[O-])c2)n[nH]1. The second-order valence-electron chi connectivity index (χ2n) is 4.57. The predicted octanol–water partition coefficient (Wildman–Crippen LogP) is 0.724. The van der Waals surface area contributed by atoms with Crippen LogP contribution in [-0.2, 0) is 4.74 Å². The van der Waals surface area contributed by atoms with Gasteiger partial charge >= 0.3 is 0 Å². The second-order valence-corrected chi connectivity index (χ2v) is 4.57. The lowest BCUT2D eigenvalue weighted by Gasteiger charge is -2.03. The molecule has 2 rings (SSSR count). The van der Waals surface area contributed by atoms with Gasteiger partial charge in [-0.3, -0.25) is 20.0 Å². The highest BCUT2D eigenvalue weighted by molar-refractivity contribution is 5.93. The largest absolute Gasteiger partial charge is 0.394 e. The van der Waals surface area contributed by atoms with Crippen molar-refractivity contribution < 1.29 is 19.6 Å². The summed E-state index contributed by atoms with van der Waals surface area (Å²) in [5, 5.41) is 28.5. The summed E-state index contributed by atoms with van der Waals surface area (Å²) in [5.41, 5.74) is 1.18. The third-order valence-corrected chi connectivity index (χ3v) is 2.94. The first kappa shape index (κ1) is 16.6. The molecule has 23 heavy (non-hydrogen) atoms. The summed E-state index contributed by atoms with van der Waals surface area (Å²) in [6.07, 6.45) is 0. The molecular formula is C14H16N4O5. The first-order chi connectivity index (χ1) is 11.1. The number of nitrogens with zero attached hydrogens (tertiary/aromatic N) is 2. The number of hydrogen-bond donors (Lipinski definition) is 3. The molecule has 0 atom stereocenters. The molecule has 0 radical (unpaired) electrons. The van der Waals surface area contributed by atoms with Gasteiger partial charge in [0.2, 0.25) is 0 Å². The molecule has 0 saturated carbocycles. The van der Waals surface area contributed by atoms with Crippen LogP contribution in [0.3, 0.4) is 0 Å². The van der Waals surface area contributed by atoms with Gasteiger partial charge in [-0.05, 0) is 6.07 Å². The van der Waals surface area contributed by atoms with Gasteiger partial charge in [0.15, 0.2) is 0 Å². The van der Waals surface area contributed by atoms with Crippen molar-refractivity contribution in [3.63, 3.8) is 0 Å². The highest BCUT2D eigenvalue weighted by atomic mass is 16.6. The Hall–Kier alpha value is -2.78. The normalized spacial score (nSPS) is 10.5. The van der Waals surface area contributed by atoms with Gasteiger partial charge in [0.1, 0.15) is 5.69 Å². The van der Waals surface area contributed by atoms with Crippen molar-refractivity contribution in [2.45, 2.75) is 0 Å². The summed E-state index contributed by atoms with van der Waals surface area (Å²) in [7, 11) is 0. The van der Waals surface area contributed by atoms with E-state index in [0.29, 0.717) is 17.8 Å². The molecule has 9 nitrogen and oxygen atoms in total. The minimum absolute atomic E-state index is 0.0440. The Morgan fingerprint density at radius 1 is 1.39 bits per heavy atom. The Balaban J connectivity index is 1.98. The molecule has 0 fully saturated rings. The summed E-state index contributed by atoms with van der Waals surface area (Å²) >= 11 is 0. The van der Waals surface area contributed by atoms with Gasteiger partial charge in [-0.2, -0.15) is 5.10 Å². The van der Waals surface area contributed by atoms with E-state index in [1.165, 1.54) is 18.2 Å². The van der Waals surface area contributed by atoms with Gasteiger partial charge in [-0.25, -0.2) is 0 Å². The molecule has 1 amide bonds. The molecule has 0 saturated heterocycles. The molecular weight excluding hydrogens is 304 g/mol. The standard InChI is InChI=1S/C14H16N4O5/c19-5-7-23-6-4-15-14(20)13-9-12(16-17-13)10-2-1-3-11(8-10)18(21)22/h1-3,8-9,19H,4-7H2,(H,15,20)(H,16,17). The maximum Gasteiger partial charge on any atom is 0.270 e. The number of aromatic amines is 1. The maximum absolute atomic E-state index is 11.9. The number of ether oxygens (including phenoxy) is 1. The Morgan fingerprint density at radius 3 is 2.96 bits per heavy atom. The Labute approximate surface area is 131 Å². The van der Waals surface area contributed by atoms with Crippen molar-refractivity contribution in [2.75, 3.05) is 26.4 Å². The Bertz CT molecular complexity index is 685. The number of nitrogens with one attached hydrogen (secondary N) is 2. The summed E-state index contributed by atoms with van der Waals surface area (Å²) in [6, 6.07) is 7.52. The lowest BCUT2D eigenvalue weighted by Crippen LogP contribution is -2.27. The number of non-ortho nitro benzene ring substituents is 1. The number of benzene rings is 1. The molecule has 3 N–H and O–H groups in total. The third kappa shape index (κ3) is 4.59. The number of nitro groups is 1. The van der Waals surface area contributed by atoms with Gasteiger partial charge in [-0.15, -0.1) is 0 Å². The van der Waals surface area contributed by atoms with Crippen molar-refractivity contribution in [1.29, 1.82) is 0 Å². The number of hydrogen-bond acceptors (Lipinski definition) is 6. The fourth-order valence-corrected chi connectivity index (χ4v) is 1.86. The van der Waals surface area contributed by atoms with Crippen LogP contribution in [0, 0.1) is 10.1 Å². The average molecular weight is 320 g/mol. The smallest absolute Gasteiger partial charge is 0.270 e. The molecule has 0 spiro atoms. The number of carbonyl (C=O) groups excluding carboxylic acids is 1. The van der Waals surface area contributed by atoms with Crippen LogP contribution in [0.5, 0.6) is 0 Å². The topological polar surface area (TPSA) is 130 Å². The van der Waals surface area contributed by atoms with E-state index in [1.54, 1.807) is 12.1 Å². The predicted molar refractivity (Wildman–Crippen MR) is 80.9 cm³/mol. The van der Waals surface area contributed by atoms with Crippen LogP contribution in [-0.4, -0.2) is 52.5 Å². The maximum atomic E-state index is 11.9. The van der Waals surface area contributed by atoms with Crippen molar-refractivity contribution in [3.8, 4) is 11.3 Å². The molecule has 1 aromatic carbocycles. The van der Waals surface area contributed by atoms with Crippen molar-refractivity contribution in [2.24, 2.45) is 0 Å². The van der Waals surface area contributed by atoms with Crippen LogP contribution in [0.4, 0.5) is 5.69 Å². The summed E-state index contributed by atoms with van der Waals surface area (Å²) in [5.74, 6) is -0.359. The Morgan fingerprint density at radius 2 is 2.22 bits per heavy atom.